The minimum absolute atomic E-state index is 0.0199. The molecule has 2 N–H and O–H groups in total. The Morgan fingerprint density at radius 2 is 1.75 bits per heavy atom. The first-order valence-corrected chi connectivity index (χ1v) is 13.2. The molecule has 5 rings (SSSR count). The molecule has 4 heterocycles. The second-order valence-electron chi connectivity index (χ2n) is 11.6. The summed E-state index contributed by atoms with van der Waals surface area (Å²) in [6.07, 6.45) is 1.83. The summed E-state index contributed by atoms with van der Waals surface area (Å²) in [7, 11) is 0. The van der Waals surface area contributed by atoms with E-state index in [0.717, 1.165) is 31.7 Å². The third-order valence-corrected chi connectivity index (χ3v) is 8.64. The maximum atomic E-state index is 12.9. The van der Waals surface area contributed by atoms with Gasteiger partial charge in [-0.05, 0) is 24.3 Å². The molecule has 4 saturated heterocycles. The lowest BCUT2D eigenvalue weighted by Crippen LogP contribution is -2.76. The SMILES string of the molecule is CC(=O)N1CC2(C1)CN(C1CC(=O)N(CC3(O)CCN(C(=O)C[C@@H](C)c4ccccc4)CC3)CN1)C2. The molecule has 4 aliphatic rings. The van der Waals surface area contributed by atoms with Crippen molar-refractivity contribution >= 4 is 17.7 Å². The first-order valence-electron chi connectivity index (χ1n) is 13.2. The smallest absolute Gasteiger partial charge is 0.226 e. The minimum Gasteiger partial charge on any atom is -0.388 e. The molecule has 0 aliphatic carbocycles. The third kappa shape index (κ3) is 5.14. The fourth-order valence-corrected chi connectivity index (χ4v) is 6.27. The van der Waals surface area contributed by atoms with E-state index < -0.39 is 5.60 Å². The standard InChI is InChI=1S/C27H39N5O4/c1-20(22-6-4-3-5-7-22)12-24(34)29-10-8-27(36,9-11-29)18-32-19-28-23(13-25(32)35)31-16-26(17-31)14-30(15-26)21(2)33/h3-7,20,23,28,36H,8-19H2,1-2H3/t20-,23?/m1/s1. The molecule has 3 amide bonds. The zero-order valence-corrected chi connectivity index (χ0v) is 21.5. The van der Waals surface area contributed by atoms with E-state index in [1.807, 2.05) is 28.0 Å². The molecule has 196 valence electrons. The van der Waals surface area contributed by atoms with E-state index in [2.05, 4.69) is 29.3 Å². The summed E-state index contributed by atoms with van der Waals surface area (Å²) in [5, 5.41) is 14.7. The van der Waals surface area contributed by atoms with Gasteiger partial charge in [-0.25, -0.2) is 0 Å². The van der Waals surface area contributed by atoms with E-state index in [-0.39, 0.29) is 35.2 Å². The first kappa shape index (κ1) is 25.2. The van der Waals surface area contributed by atoms with Gasteiger partial charge in [0, 0.05) is 58.0 Å². The highest BCUT2D eigenvalue weighted by Gasteiger charge is 2.54. The number of β-amino-alcohol motifs (C(OH)–C–C–N with tert-alkyl or cyclic N) is 1. The highest BCUT2D eigenvalue weighted by atomic mass is 16.3. The Morgan fingerprint density at radius 3 is 2.36 bits per heavy atom. The van der Waals surface area contributed by atoms with Crippen LogP contribution in [0.1, 0.15) is 51.0 Å². The predicted molar refractivity (Wildman–Crippen MR) is 135 cm³/mol. The maximum Gasteiger partial charge on any atom is 0.226 e. The Kier molecular flexibility index (Phi) is 6.82. The largest absolute Gasteiger partial charge is 0.388 e. The topological polar surface area (TPSA) is 96.4 Å². The molecule has 0 saturated carbocycles. The van der Waals surface area contributed by atoms with Gasteiger partial charge in [0.25, 0.3) is 0 Å². The van der Waals surface area contributed by atoms with Crippen molar-refractivity contribution in [3.8, 4) is 0 Å². The zero-order chi connectivity index (χ0) is 25.5. The molecule has 36 heavy (non-hydrogen) atoms. The van der Waals surface area contributed by atoms with Crippen molar-refractivity contribution < 1.29 is 19.5 Å². The Bertz CT molecular complexity index is 979. The van der Waals surface area contributed by atoms with Crippen LogP contribution in [0.4, 0.5) is 0 Å². The van der Waals surface area contributed by atoms with Gasteiger partial charge in [0.2, 0.25) is 17.7 Å². The Hall–Kier alpha value is -2.49. The fourth-order valence-electron chi connectivity index (χ4n) is 6.27. The lowest BCUT2D eigenvalue weighted by atomic mass is 9.72. The van der Waals surface area contributed by atoms with Crippen molar-refractivity contribution in [3.05, 3.63) is 35.9 Å². The molecule has 2 atom stereocenters. The van der Waals surface area contributed by atoms with Crippen LogP contribution in [0.15, 0.2) is 30.3 Å². The van der Waals surface area contributed by atoms with Crippen molar-refractivity contribution in [1.29, 1.82) is 0 Å². The lowest BCUT2D eigenvalue weighted by molar-refractivity contribution is -0.169. The molecular weight excluding hydrogens is 458 g/mol. The second-order valence-corrected chi connectivity index (χ2v) is 11.6. The van der Waals surface area contributed by atoms with E-state index in [4.69, 9.17) is 0 Å². The number of amides is 3. The number of carbonyl (C=O) groups is 3. The molecular formula is C27H39N5O4. The van der Waals surface area contributed by atoms with E-state index in [1.165, 1.54) is 0 Å². The van der Waals surface area contributed by atoms with Crippen molar-refractivity contribution in [2.45, 2.75) is 57.2 Å². The number of rotatable bonds is 6. The van der Waals surface area contributed by atoms with Gasteiger partial charge in [0.15, 0.2) is 0 Å². The summed E-state index contributed by atoms with van der Waals surface area (Å²) in [6.45, 7) is 8.91. The van der Waals surface area contributed by atoms with Gasteiger partial charge in [0.05, 0.1) is 31.4 Å². The van der Waals surface area contributed by atoms with Crippen LogP contribution in [0.25, 0.3) is 0 Å². The normalized spacial score (nSPS) is 26.4. The van der Waals surface area contributed by atoms with Gasteiger partial charge in [-0.2, -0.15) is 0 Å². The molecule has 9 nitrogen and oxygen atoms in total. The van der Waals surface area contributed by atoms with Crippen LogP contribution in [0.5, 0.6) is 0 Å². The van der Waals surface area contributed by atoms with Gasteiger partial charge in [0.1, 0.15) is 0 Å². The zero-order valence-electron chi connectivity index (χ0n) is 21.5. The number of likely N-dealkylation sites (tertiary alicyclic amines) is 3. The Balaban J connectivity index is 1.04. The summed E-state index contributed by atoms with van der Waals surface area (Å²) in [4.78, 5) is 45.0. The second kappa shape index (κ2) is 9.76. The average molecular weight is 498 g/mol. The van der Waals surface area contributed by atoms with Gasteiger partial charge in [-0.15, -0.1) is 0 Å². The van der Waals surface area contributed by atoms with Crippen LogP contribution in [0.3, 0.4) is 0 Å². The van der Waals surface area contributed by atoms with Gasteiger partial charge >= 0.3 is 0 Å². The summed E-state index contributed by atoms with van der Waals surface area (Å²) in [5.74, 6) is 0.471. The van der Waals surface area contributed by atoms with E-state index in [9.17, 15) is 19.5 Å². The van der Waals surface area contributed by atoms with Crippen molar-refractivity contribution in [3.63, 3.8) is 0 Å². The van der Waals surface area contributed by atoms with Crippen LogP contribution >= 0.6 is 0 Å². The Labute approximate surface area is 213 Å². The summed E-state index contributed by atoms with van der Waals surface area (Å²) >= 11 is 0. The first-order chi connectivity index (χ1) is 17.2. The number of hydrogen-bond donors (Lipinski definition) is 2. The molecule has 4 aliphatic heterocycles. The molecule has 9 heteroatoms. The number of piperidine rings is 1. The predicted octanol–water partition coefficient (Wildman–Crippen LogP) is 0.803. The fraction of sp³-hybridized carbons (Fsp3) is 0.667. The number of carbonyl (C=O) groups excluding carboxylic acids is 3. The quantitative estimate of drug-likeness (QED) is 0.604. The average Bonchev–Trinajstić information content (AvgIpc) is 2.79. The lowest BCUT2D eigenvalue weighted by Gasteiger charge is -2.62. The maximum absolute atomic E-state index is 12.9. The van der Waals surface area contributed by atoms with Gasteiger partial charge < -0.3 is 19.8 Å². The molecule has 0 bridgehead atoms. The highest BCUT2D eigenvalue weighted by Crippen LogP contribution is 2.41. The van der Waals surface area contributed by atoms with E-state index >= 15 is 0 Å². The van der Waals surface area contributed by atoms with E-state index in [0.29, 0.717) is 52.0 Å². The number of nitrogens with one attached hydrogen (secondary N) is 1. The number of nitrogens with zero attached hydrogens (tertiary/aromatic N) is 4. The molecule has 0 radical (unpaired) electrons. The van der Waals surface area contributed by atoms with Crippen LogP contribution in [-0.2, 0) is 14.4 Å². The minimum atomic E-state index is -0.963. The van der Waals surface area contributed by atoms with Crippen LogP contribution in [0.2, 0.25) is 0 Å². The summed E-state index contributed by atoms with van der Waals surface area (Å²) in [6, 6.07) is 10.1. The summed E-state index contributed by atoms with van der Waals surface area (Å²) < 4.78 is 0. The summed E-state index contributed by atoms with van der Waals surface area (Å²) in [5.41, 5.74) is 0.412. The van der Waals surface area contributed by atoms with Gasteiger partial charge in [-0.1, -0.05) is 37.3 Å². The molecule has 1 spiro atoms. The monoisotopic (exact) mass is 497 g/mol. The van der Waals surface area contributed by atoms with Crippen molar-refractivity contribution in [2.24, 2.45) is 5.41 Å². The van der Waals surface area contributed by atoms with Crippen LogP contribution in [0, 0.1) is 5.41 Å². The van der Waals surface area contributed by atoms with Gasteiger partial charge in [-0.3, -0.25) is 24.6 Å². The molecule has 1 aromatic rings. The van der Waals surface area contributed by atoms with Crippen LogP contribution in [-0.4, -0.2) is 107 Å². The molecule has 0 aromatic heterocycles. The van der Waals surface area contributed by atoms with E-state index in [1.54, 1.807) is 11.8 Å². The molecule has 1 unspecified atom stereocenters. The van der Waals surface area contributed by atoms with Crippen LogP contribution < -0.4 is 5.32 Å². The Morgan fingerprint density at radius 1 is 1.08 bits per heavy atom. The molecule has 1 aromatic carbocycles. The van der Waals surface area contributed by atoms with Crippen molar-refractivity contribution in [2.75, 3.05) is 52.5 Å². The number of hydrogen-bond acceptors (Lipinski definition) is 6. The molecule has 4 fully saturated rings. The number of benzene rings is 1. The highest BCUT2D eigenvalue weighted by molar-refractivity contribution is 5.78. The number of aliphatic hydroxyl groups is 1. The van der Waals surface area contributed by atoms with Crippen molar-refractivity contribution in [1.82, 2.24) is 24.9 Å². The third-order valence-electron chi connectivity index (χ3n) is 8.64.